The number of carboxylic acid groups (broad SMARTS) is 1. The minimum absolute atomic E-state index is 0.370. The molecule has 82 valence electrons. The van der Waals surface area contributed by atoms with Gasteiger partial charge in [-0.3, -0.25) is 4.79 Å². The molecule has 0 spiro atoms. The Bertz CT molecular complexity index is 645. The first-order chi connectivity index (χ1) is 7.49. The van der Waals surface area contributed by atoms with Crippen LogP contribution in [0, 0.1) is 12.7 Å². The van der Waals surface area contributed by atoms with Gasteiger partial charge < -0.3 is 10.1 Å². The fourth-order valence-corrected chi connectivity index (χ4v) is 1.61. The SMILES string of the molecule is Cc1cc(F)cc2cc(C(=O)O)c(=O)[nH]c12. The summed E-state index contributed by atoms with van der Waals surface area (Å²) in [6, 6.07) is 3.63. The lowest BCUT2D eigenvalue weighted by Crippen LogP contribution is -2.17. The fourth-order valence-electron chi connectivity index (χ4n) is 1.61. The molecule has 0 radical (unpaired) electrons. The van der Waals surface area contributed by atoms with Crippen LogP contribution >= 0.6 is 0 Å². The molecule has 0 amide bonds. The van der Waals surface area contributed by atoms with Gasteiger partial charge in [0.1, 0.15) is 11.4 Å². The number of halogens is 1. The van der Waals surface area contributed by atoms with Gasteiger partial charge in [0.05, 0.1) is 5.52 Å². The smallest absolute Gasteiger partial charge is 0.341 e. The summed E-state index contributed by atoms with van der Waals surface area (Å²) in [6.45, 7) is 1.64. The fraction of sp³-hybridized carbons (Fsp3) is 0.0909. The first-order valence-electron chi connectivity index (χ1n) is 4.55. The first-order valence-corrected chi connectivity index (χ1v) is 4.55. The van der Waals surface area contributed by atoms with Gasteiger partial charge in [0.2, 0.25) is 0 Å². The van der Waals surface area contributed by atoms with E-state index in [1.807, 2.05) is 0 Å². The van der Waals surface area contributed by atoms with E-state index in [1.54, 1.807) is 6.92 Å². The van der Waals surface area contributed by atoms with Crippen LogP contribution in [-0.4, -0.2) is 16.1 Å². The van der Waals surface area contributed by atoms with Gasteiger partial charge in [-0.15, -0.1) is 0 Å². The quantitative estimate of drug-likeness (QED) is 0.769. The maximum Gasteiger partial charge on any atom is 0.341 e. The van der Waals surface area contributed by atoms with Gasteiger partial charge in [-0.05, 0) is 30.7 Å². The van der Waals surface area contributed by atoms with Gasteiger partial charge in [0.15, 0.2) is 0 Å². The van der Waals surface area contributed by atoms with E-state index in [-0.39, 0.29) is 0 Å². The van der Waals surface area contributed by atoms with Crippen molar-refractivity contribution < 1.29 is 14.3 Å². The number of fused-ring (bicyclic) bond motifs is 1. The van der Waals surface area contributed by atoms with Crippen molar-refractivity contribution in [1.29, 1.82) is 0 Å². The molecule has 0 aliphatic rings. The molecule has 1 heterocycles. The largest absolute Gasteiger partial charge is 0.477 e. The Morgan fingerprint density at radius 2 is 2.06 bits per heavy atom. The zero-order valence-electron chi connectivity index (χ0n) is 8.37. The molecule has 2 rings (SSSR count). The summed E-state index contributed by atoms with van der Waals surface area (Å²) in [4.78, 5) is 24.5. The summed E-state index contributed by atoms with van der Waals surface area (Å²) in [7, 11) is 0. The maximum atomic E-state index is 13.1. The van der Waals surface area contributed by atoms with Gasteiger partial charge in [-0.25, -0.2) is 9.18 Å². The van der Waals surface area contributed by atoms with Crippen LogP contribution in [-0.2, 0) is 0 Å². The number of aromatic amines is 1. The Labute approximate surface area is 89.3 Å². The van der Waals surface area contributed by atoms with Crippen LogP contribution in [0.2, 0.25) is 0 Å². The molecule has 1 aromatic heterocycles. The molecule has 16 heavy (non-hydrogen) atoms. The topological polar surface area (TPSA) is 70.2 Å². The van der Waals surface area contributed by atoms with Crippen molar-refractivity contribution in [1.82, 2.24) is 4.98 Å². The van der Waals surface area contributed by atoms with E-state index in [9.17, 15) is 14.0 Å². The standard InChI is InChI=1S/C11H8FNO3/c1-5-2-7(12)3-6-4-8(11(15)16)10(14)13-9(5)6/h2-4H,1H3,(H,13,14)(H,15,16). The number of aromatic carboxylic acids is 1. The molecule has 4 nitrogen and oxygen atoms in total. The number of hydrogen-bond donors (Lipinski definition) is 2. The molecule has 1 aromatic carbocycles. The predicted octanol–water partition coefficient (Wildman–Crippen LogP) is 1.67. The predicted molar refractivity (Wildman–Crippen MR) is 56.2 cm³/mol. The lowest BCUT2D eigenvalue weighted by molar-refractivity contribution is 0.0695. The highest BCUT2D eigenvalue weighted by Crippen LogP contribution is 2.17. The monoisotopic (exact) mass is 221 g/mol. The number of carbonyl (C=O) groups is 1. The van der Waals surface area contributed by atoms with E-state index in [0.717, 1.165) is 0 Å². The summed E-state index contributed by atoms with van der Waals surface area (Å²) in [6.07, 6.45) is 0. The average Bonchev–Trinajstić information content (AvgIpc) is 2.18. The van der Waals surface area contributed by atoms with Crippen molar-refractivity contribution >= 4 is 16.9 Å². The number of rotatable bonds is 1. The lowest BCUT2D eigenvalue weighted by atomic mass is 10.1. The van der Waals surface area contributed by atoms with Crippen LogP contribution in [0.15, 0.2) is 23.0 Å². The van der Waals surface area contributed by atoms with Crippen molar-refractivity contribution in [2.75, 3.05) is 0 Å². The third kappa shape index (κ3) is 1.56. The molecule has 2 aromatic rings. The summed E-state index contributed by atoms with van der Waals surface area (Å²) < 4.78 is 13.1. The molecule has 0 aliphatic heterocycles. The Kier molecular flexibility index (Phi) is 2.23. The van der Waals surface area contributed by atoms with Gasteiger partial charge in [-0.1, -0.05) is 0 Å². The van der Waals surface area contributed by atoms with Gasteiger partial charge in [0.25, 0.3) is 5.56 Å². The normalized spacial score (nSPS) is 10.6. The minimum Gasteiger partial charge on any atom is -0.477 e. The van der Waals surface area contributed by atoms with E-state index < -0.39 is 22.9 Å². The Morgan fingerprint density at radius 3 is 2.69 bits per heavy atom. The highest BCUT2D eigenvalue weighted by molar-refractivity contribution is 5.93. The number of carboxylic acids is 1. The van der Waals surface area contributed by atoms with Crippen molar-refractivity contribution in [3.63, 3.8) is 0 Å². The number of pyridine rings is 1. The zero-order chi connectivity index (χ0) is 11.9. The van der Waals surface area contributed by atoms with Crippen LogP contribution in [0.1, 0.15) is 15.9 Å². The highest BCUT2D eigenvalue weighted by atomic mass is 19.1. The second-order valence-electron chi connectivity index (χ2n) is 3.50. The molecule has 0 fully saturated rings. The number of hydrogen-bond acceptors (Lipinski definition) is 2. The van der Waals surface area contributed by atoms with Crippen molar-refractivity contribution in [3.05, 3.63) is 45.5 Å². The Hall–Kier alpha value is -2.17. The van der Waals surface area contributed by atoms with Crippen LogP contribution in [0.4, 0.5) is 4.39 Å². The zero-order valence-corrected chi connectivity index (χ0v) is 8.37. The lowest BCUT2D eigenvalue weighted by Gasteiger charge is -2.03. The van der Waals surface area contributed by atoms with Crippen LogP contribution < -0.4 is 5.56 Å². The second-order valence-corrected chi connectivity index (χ2v) is 3.50. The molecule has 5 heteroatoms. The molecule has 0 aliphatic carbocycles. The van der Waals surface area contributed by atoms with Crippen LogP contribution in [0.25, 0.3) is 10.9 Å². The Balaban J connectivity index is 2.90. The molecular weight excluding hydrogens is 213 g/mol. The second kappa shape index (κ2) is 3.44. The van der Waals surface area contributed by atoms with E-state index >= 15 is 0 Å². The van der Waals surface area contributed by atoms with E-state index in [0.29, 0.717) is 16.5 Å². The van der Waals surface area contributed by atoms with Crippen LogP contribution in [0.5, 0.6) is 0 Å². The number of H-pyrrole nitrogens is 1. The van der Waals surface area contributed by atoms with E-state index in [2.05, 4.69) is 4.98 Å². The summed E-state index contributed by atoms with van der Waals surface area (Å²) in [5, 5.41) is 9.12. The van der Waals surface area contributed by atoms with E-state index in [1.165, 1.54) is 18.2 Å². The summed E-state index contributed by atoms with van der Waals surface area (Å²) >= 11 is 0. The van der Waals surface area contributed by atoms with Crippen LogP contribution in [0.3, 0.4) is 0 Å². The number of aryl methyl sites for hydroxylation is 1. The number of nitrogens with one attached hydrogen (secondary N) is 1. The van der Waals surface area contributed by atoms with Gasteiger partial charge in [0, 0.05) is 5.39 Å². The first kappa shape index (κ1) is 10.4. The molecule has 0 bridgehead atoms. The molecule has 0 unspecified atom stereocenters. The third-order valence-corrected chi connectivity index (χ3v) is 2.34. The number of benzene rings is 1. The van der Waals surface area contributed by atoms with Crippen molar-refractivity contribution in [2.24, 2.45) is 0 Å². The maximum absolute atomic E-state index is 13.1. The van der Waals surface area contributed by atoms with Crippen molar-refractivity contribution in [3.8, 4) is 0 Å². The van der Waals surface area contributed by atoms with Crippen molar-refractivity contribution in [2.45, 2.75) is 6.92 Å². The van der Waals surface area contributed by atoms with Gasteiger partial charge >= 0.3 is 5.97 Å². The van der Waals surface area contributed by atoms with E-state index in [4.69, 9.17) is 5.11 Å². The molecular formula is C11H8FNO3. The minimum atomic E-state index is -1.33. The average molecular weight is 221 g/mol. The molecule has 0 atom stereocenters. The molecule has 2 N–H and O–H groups in total. The van der Waals surface area contributed by atoms with Gasteiger partial charge in [-0.2, -0.15) is 0 Å². The Morgan fingerprint density at radius 1 is 1.38 bits per heavy atom. The summed E-state index contributed by atoms with van der Waals surface area (Å²) in [5.74, 6) is -1.79. The highest BCUT2D eigenvalue weighted by Gasteiger charge is 2.11. The molecule has 0 saturated heterocycles. The molecule has 0 saturated carbocycles. The number of aromatic nitrogens is 1. The summed E-state index contributed by atoms with van der Waals surface area (Å²) in [5.41, 5.74) is -0.0624. The third-order valence-electron chi connectivity index (χ3n) is 2.34.